The molecule has 6 aromatic carbocycles. The Labute approximate surface area is 320 Å². The van der Waals surface area contributed by atoms with E-state index in [-0.39, 0.29) is 16.5 Å². The lowest BCUT2D eigenvalue weighted by atomic mass is 9.95. The van der Waals surface area contributed by atoms with E-state index >= 15 is 0 Å². The van der Waals surface area contributed by atoms with Crippen molar-refractivity contribution in [3.05, 3.63) is 179 Å². The Morgan fingerprint density at radius 1 is 0.759 bits per heavy atom. The molecule has 0 spiro atoms. The van der Waals surface area contributed by atoms with E-state index in [0.29, 0.717) is 45.1 Å². The number of benzene rings is 6. The Morgan fingerprint density at radius 2 is 1.46 bits per heavy atom. The third-order valence-corrected chi connectivity index (χ3v) is 11.3. The summed E-state index contributed by atoms with van der Waals surface area (Å²) < 4.78 is 12.8. The molecule has 1 unspecified atom stereocenters. The van der Waals surface area contributed by atoms with Crippen LogP contribution in [-0.2, 0) is 21.9 Å². The molecule has 266 valence electrons. The minimum absolute atomic E-state index is 0.0643. The molecular formula is C44H33N3O5S2. The largest absolute Gasteiger partial charge is 0.507 e. The predicted molar refractivity (Wildman–Crippen MR) is 213 cm³/mol. The molecular weight excluding hydrogens is 715 g/mol. The Kier molecular flexibility index (Phi) is 9.93. The fourth-order valence-electron chi connectivity index (χ4n) is 6.43. The molecule has 8 rings (SSSR count). The van der Waals surface area contributed by atoms with Crippen LogP contribution in [0.15, 0.2) is 156 Å². The summed E-state index contributed by atoms with van der Waals surface area (Å²) in [4.78, 5) is 29.2. The summed E-state index contributed by atoms with van der Waals surface area (Å²) in [5.74, 6) is 0.425. The van der Waals surface area contributed by atoms with Crippen molar-refractivity contribution in [1.82, 2.24) is 10.2 Å². The van der Waals surface area contributed by atoms with Gasteiger partial charge in [0, 0.05) is 11.3 Å². The van der Waals surface area contributed by atoms with Gasteiger partial charge in [-0.05, 0) is 88.5 Å². The summed E-state index contributed by atoms with van der Waals surface area (Å²) in [6.45, 7) is 2.41. The van der Waals surface area contributed by atoms with Crippen LogP contribution in [0.2, 0.25) is 0 Å². The number of hydrogen-bond donors (Lipinski definition) is 1. The number of nitrogens with zero attached hydrogens (tertiary/aromatic N) is 3. The zero-order valence-corrected chi connectivity index (χ0v) is 30.7. The number of fused-ring (bicyclic) bond motifs is 1. The fraction of sp³-hybridized carbons (Fsp3) is 0.0909. The molecule has 10 heteroatoms. The first kappa shape index (κ1) is 34.8. The lowest BCUT2D eigenvalue weighted by Crippen LogP contribution is -2.29. The number of anilines is 1. The zero-order valence-electron chi connectivity index (χ0n) is 29.1. The van der Waals surface area contributed by atoms with Gasteiger partial charge in [0.05, 0.1) is 11.6 Å². The second kappa shape index (κ2) is 15.4. The number of carbonyl (C=O) groups excluding carboxylic acids is 2. The number of amides is 1. The molecule has 1 N–H and O–H groups in total. The molecule has 1 saturated heterocycles. The average Bonchev–Trinajstić information content (AvgIpc) is 3.78. The van der Waals surface area contributed by atoms with Crippen LogP contribution in [0.25, 0.3) is 16.5 Å². The lowest BCUT2D eigenvalue weighted by molar-refractivity contribution is -0.132. The molecule has 0 aliphatic carbocycles. The maximum atomic E-state index is 14.0. The van der Waals surface area contributed by atoms with Crippen LogP contribution in [0, 0.1) is 6.92 Å². The van der Waals surface area contributed by atoms with Gasteiger partial charge >= 0.3 is 5.91 Å². The Bertz CT molecular complexity index is 2510. The Morgan fingerprint density at radius 3 is 2.30 bits per heavy atom. The number of thioether (sulfide) groups is 1. The van der Waals surface area contributed by atoms with E-state index in [1.165, 1.54) is 28.0 Å². The highest BCUT2D eigenvalue weighted by molar-refractivity contribution is 8.00. The highest BCUT2D eigenvalue weighted by Crippen LogP contribution is 2.45. The first-order valence-corrected chi connectivity index (χ1v) is 19.1. The molecule has 54 heavy (non-hydrogen) atoms. The van der Waals surface area contributed by atoms with Crippen LogP contribution < -0.4 is 14.4 Å². The van der Waals surface area contributed by atoms with E-state index in [9.17, 15) is 14.7 Å². The van der Waals surface area contributed by atoms with Gasteiger partial charge in [0.2, 0.25) is 5.13 Å². The van der Waals surface area contributed by atoms with Crippen molar-refractivity contribution in [2.75, 3.05) is 4.90 Å². The maximum absolute atomic E-state index is 14.0. The van der Waals surface area contributed by atoms with Crippen LogP contribution in [-0.4, -0.2) is 27.0 Å². The van der Waals surface area contributed by atoms with Gasteiger partial charge in [-0.1, -0.05) is 120 Å². The monoisotopic (exact) mass is 747 g/mol. The molecule has 1 atom stereocenters. The van der Waals surface area contributed by atoms with Crippen molar-refractivity contribution >= 4 is 56.5 Å². The van der Waals surface area contributed by atoms with E-state index in [0.717, 1.165) is 27.5 Å². The summed E-state index contributed by atoms with van der Waals surface area (Å²) in [6.07, 6.45) is 0. The Balaban J connectivity index is 1.12. The van der Waals surface area contributed by atoms with Gasteiger partial charge in [0.25, 0.3) is 5.78 Å². The Hall–Kier alpha value is -6.23. The number of aliphatic hydroxyl groups excluding tert-OH is 1. The third kappa shape index (κ3) is 7.21. The van der Waals surface area contributed by atoms with Gasteiger partial charge in [-0.25, -0.2) is 0 Å². The van der Waals surface area contributed by atoms with Gasteiger partial charge < -0.3 is 14.6 Å². The molecule has 1 amide bonds. The van der Waals surface area contributed by atoms with Gasteiger partial charge in [-0.2, -0.15) is 0 Å². The molecule has 1 fully saturated rings. The van der Waals surface area contributed by atoms with E-state index in [2.05, 4.69) is 34.5 Å². The number of aliphatic hydroxyl groups is 1. The highest BCUT2D eigenvalue weighted by atomic mass is 32.2. The highest BCUT2D eigenvalue weighted by Gasteiger charge is 2.48. The minimum Gasteiger partial charge on any atom is -0.507 e. The molecule has 0 saturated carbocycles. The molecule has 1 aliphatic heterocycles. The van der Waals surface area contributed by atoms with Crippen molar-refractivity contribution in [1.29, 1.82) is 0 Å². The third-order valence-electron chi connectivity index (χ3n) is 9.21. The van der Waals surface area contributed by atoms with E-state index in [1.54, 1.807) is 48.5 Å². The molecule has 1 aromatic heterocycles. The lowest BCUT2D eigenvalue weighted by Gasteiger charge is -2.23. The number of para-hydroxylation sites is 1. The van der Waals surface area contributed by atoms with Crippen LogP contribution in [0.5, 0.6) is 17.2 Å². The fourth-order valence-corrected chi connectivity index (χ4v) is 8.30. The van der Waals surface area contributed by atoms with Crippen molar-refractivity contribution in [3.63, 3.8) is 0 Å². The second-order valence-corrected chi connectivity index (χ2v) is 14.9. The number of carbonyl (C=O) groups is 2. The standard InChI is InChI=1S/C44H33N3O5S2/c1-28-11-5-6-13-32(28)26-51-34-23-21-30(22-24-34)40(48)38-39(31-15-10-19-36(25-31)52-35-17-3-2-4-18-35)47(42(50)41(38)49)43-45-46-44(54-43)53-27-33-16-9-14-29-12-7-8-20-37(29)33/h2-25,39,48H,26-27H2,1H3/b40-38+. The summed E-state index contributed by atoms with van der Waals surface area (Å²) in [7, 11) is 0. The molecule has 8 nitrogen and oxygen atoms in total. The summed E-state index contributed by atoms with van der Waals surface area (Å²) in [6, 6.07) is 44.7. The number of aryl methyl sites for hydroxylation is 1. The van der Waals surface area contributed by atoms with E-state index < -0.39 is 17.7 Å². The normalized spacial score (nSPS) is 15.1. The van der Waals surface area contributed by atoms with Crippen LogP contribution in [0.4, 0.5) is 5.13 Å². The van der Waals surface area contributed by atoms with Crippen molar-refractivity contribution in [2.45, 2.75) is 29.7 Å². The van der Waals surface area contributed by atoms with Gasteiger partial charge in [0.1, 0.15) is 29.6 Å². The molecule has 0 bridgehead atoms. The van der Waals surface area contributed by atoms with Crippen LogP contribution >= 0.6 is 23.1 Å². The van der Waals surface area contributed by atoms with Gasteiger partial charge in [0.15, 0.2) is 4.34 Å². The number of ketones is 1. The summed E-state index contributed by atoms with van der Waals surface area (Å²) >= 11 is 2.73. The first-order chi connectivity index (χ1) is 26.4. The number of ether oxygens (including phenoxy) is 2. The minimum atomic E-state index is -1.01. The summed E-state index contributed by atoms with van der Waals surface area (Å²) in [5.41, 5.74) is 4.20. The topological polar surface area (TPSA) is 102 Å². The molecule has 7 aromatic rings. The average molecular weight is 748 g/mol. The van der Waals surface area contributed by atoms with Crippen LogP contribution in [0.3, 0.4) is 0 Å². The van der Waals surface area contributed by atoms with Crippen molar-refractivity contribution in [2.24, 2.45) is 0 Å². The van der Waals surface area contributed by atoms with Crippen molar-refractivity contribution < 1.29 is 24.2 Å². The number of Topliss-reactive ketones (excluding diaryl/α,β-unsaturated/α-hetero) is 1. The zero-order chi connectivity index (χ0) is 37.0. The predicted octanol–water partition coefficient (Wildman–Crippen LogP) is 10.3. The molecule has 2 heterocycles. The smallest absolute Gasteiger partial charge is 0.301 e. The quantitative estimate of drug-likeness (QED) is 0.0459. The maximum Gasteiger partial charge on any atom is 0.301 e. The summed E-state index contributed by atoms with van der Waals surface area (Å²) in [5, 5.41) is 23.2. The molecule has 1 aliphatic rings. The number of rotatable bonds is 11. The van der Waals surface area contributed by atoms with E-state index in [1.807, 2.05) is 79.7 Å². The number of aromatic nitrogens is 2. The van der Waals surface area contributed by atoms with Crippen LogP contribution in [0.1, 0.15) is 33.9 Å². The second-order valence-electron chi connectivity index (χ2n) is 12.7. The van der Waals surface area contributed by atoms with Gasteiger partial charge in [-0.15, -0.1) is 10.2 Å². The van der Waals surface area contributed by atoms with Gasteiger partial charge in [-0.3, -0.25) is 14.5 Å². The first-order valence-electron chi connectivity index (χ1n) is 17.3. The number of hydrogen-bond acceptors (Lipinski definition) is 9. The SMILES string of the molecule is Cc1ccccc1COc1ccc(/C(O)=C2\C(=O)C(=O)N(c3nnc(SCc4cccc5ccccc45)s3)C2c2cccc(Oc3ccccc3)c2)cc1. The van der Waals surface area contributed by atoms with E-state index in [4.69, 9.17) is 9.47 Å². The van der Waals surface area contributed by atoms with Crippen molar-refractivity contribution in [3.8, 4) is 17.2 Å². The molecule has 0 radical (unpaired) electrons.